The zero-order chi connectivity index (χ0) is 16.6. The lowest BCUT2D eigenvalue weighted by Gasteiger charge is -2.07. The van der Waals surface area contributed by atoms with Crippen LogP contribution < -0.4 is 11.3 Å². The molecular weight excluding hydrogens is 294 g/mol. The molecule has 0 aliphatic carbocycles. The van der Waals surface area contributed by atoms with Crippen molar-refractivity contribution in [3.8, 4) is 17.1 Å². The second-order valence-corrected chi connectivity index (χ2v) is 5.28. The first-order valence-corrected chi connectivity index (χ1v) is 7.14. The van der Waals surface area contributed by atoms with Gasteiger partial charge in [-0.15, -0.1) is 0 Å². The van der Waals surface area contributed by atoms with Crippen molar-refractivity contribution in [3.63, 3.8) is 0 Å². The Balaban J connectivity index is 2.22. The van der Waals surface area contributed by atoms with Gasteiger partial charge in [-0.2, -0.15) is 0 Å². The predicted octanol–water partition coefficient (Wildman–Crippen LogP) is 0.833. The van der Waals surface area contributed by atoms with Crippen molar-refractivity contribution < 1.29 is 4.79 Å². The number of aromatic nitrogens is 4. The van der Waals surface area contributed by atoms with E-state index in [0.29, 0.717) is 11.4 Å². The average Bonchev–Trinajstić information content (AvgIpc) is 3.03. The molecule has 0 fully saturated rings. The Hall–Kier alpha value is -3.09. The maximum Gasteiger partial charge on any atom is 0.282 e. The summed E-state index contributed by atoms with van der Waals surface area (Å²) in [5.74, 6) is -0.0437. The SMILES string of the molecule is Cc1c(-c2nccn2CC(N)=O)c(=O)n(-c2ccccc2)n1C. The van der Waals surface area contributed by atoms with E-state index in [1.54, 1.807) is 26.3 Å². The van der Waals surface area contributed by atoms with Crippen LogP contribution in [0, 0.1) is 6.92 Å². The summed E-state index contributed by atoms with van der Waals surface area (Å²) in [7, 11) is 1.81. The van der Waals surface area contributed by atoms with Crippen LogP contribution in [0.25, 0.3) is 17.1 Å². The van der Waals surface area contributed by atoms with Crippen LogP contribution in [0.15, 0.2) is 47.5 Å². The first-order chi connectivity index (χ1) is 11.0. The van der Waals surface area contributed by atoms with E-state index in [0.717, 1.165) is 11.4 Å². The van der Waals surface area contributed by atoms with E-state index in [1.807, 2.05) is 44.3 Å². The number of primary amides is 1. The molecule has 23 heavy (non-hydrogen) atoms. The highest BCUT2D eigenvalue weighted by atomic mass is 16.1. The van der Waals surface area contributed by atoms with Gasteiger partial charge in [0, 0.05) is 25.1 Å². The molecule has 0 spiro atoms. The van der Waals surface area contributed by atoms with Crippen molar-refractivity contribution in [3.05, 3.63) is 58.8 Å². The zero-order valence-corrected chi connectivity index (χ0v) is 12.9. The summed E-state index contributed by atoms with van der Waals surface area (Å²) in [4.78, 5) is 28.4. The van der Waals surface area contributed by atoms with Crippen LogP contribution in [-0.2, 0) is 18.4 Å². The minimum atomic E-state index is -0.485. The summed E-state index contributed by atoms with van der Waals surface area (Å²) in [5, 5.41) is 0. The second kappa shape index (κ2) is 5.60. The summed E-state index contributed by atoms with van der Waals surface area (Å²) >= 11 is 0. The lowest BCUT2D eigenvalue weighted by molar-refractivity contribution is -0.118. The first kappa shape index (κ1) is 14.8. The van der Waals surface area contributed by atoms with Crippen molar-refractivity contribution in [1.82, 2.24) is 18.9 Å². The molecule has 0 unspecified atom stereocenters. The molecule has 0 aliphatic heterocycles. The summed E-state index contributed by atoms with van der Waals surface area (Å²) in [5.41, 5.74) is 7.06. The fourth-order valence-electron chi connectivity index (χ4n) is 2.66. The third kappa shape index (κ3) is 2.46. The highest BCUT2D eigenvalue weighted by Gasteiger charge is 2.21. The van der Waals surface area contributed by atoms with Gasteiger partial charge in [0.15, 0.2) is 0 Å². The van der Waals surface area contributed by atoms with Crippen LogP contribution in [0.2, 0.25) is 0 Å². The average molecular weight is 311 g/mol. The number of carbonyl (C=O) groups is 1. The number of nitrogens with two attached hydrogens (primary N) is 1. The minimum Gasteiger partial charge on any atom is -0.368 e. The van der Waals surface area contributed by atoms with Crippen LogP contribution in [0.5, 0.6) is 0 Å². The van der Waals surface area contributed by atoms with Gasteiger partial charge in [0.2, 0.25) is 5.91 Å². The normalized spacial score (nSPS) is 10.9. The minimum absolute atomic E-state index is 0.0194. The van der Waals surface area contributed by atoms with Crippen LogP contribution in [0.4, 0.5) is 0 Å². The molecule has 0 saturated heterocycles. The molecule has 3 aromatic rings. The molecule has 118 valence electrons. The highest BCUT2D eigenvalue weighted by Crippen LogP contribution is 2.20. The van der Waals surface area contributed by atoms with Gasteiger partial charge in [0.25, 0.3) is 5.56 Å². The molecule has 0 aliphatic rings. The van der Waals surface area contributed by atoms with Crippen LogP contribution in [-0.4, -0.2) is 24.8 Å². The number of nitrogens with zero attached hydrogens (tertiary/aromatic N) is 4. The molecule has 0 atom stereocenters. The van der Waals surface area contributed by atoms with Gasteiger partial charge < -0.3 is 10.3 Å². The van der Waals surface area contributed by atoms with Crippen molar-refractivity contribution in [2.24, 2.45) is 12.8 Å². The van der Waals surface area contributed by atoms with E-state index in [2.05, 4.69) is 4.98 Å². The Bertz CT molecular complexity index is 918. The molecule has 2 N–H and O–H groups in total. The monoisotopic (exact) mass is 311 g/mol. The smallest absolute Gasteiger partial charge is 0.282 e. The van der Waals surface area contributed by atoms with Gasteiger partial charge in [-0.05, 0) is 19.1 Å². The fourth-order valence-corrected chi connectivity index (χ4v) is 2.66. The molecule has 0 bridgehead atoms. The van der Waals surface area contributed by atoms with Crippen LogP contribution in [0.3, 0.4) is 0 Å². The molecule has 0 radical (unpaired) electrons. The topological polar surface area (TPSA) is 87.8 Å². The summed E-state index contributed by atoms with van der Waals surface area (Å²) in [6.07, 6.45) is 3.19. The number of rotatable bonds is 4. The van der Waals surface area contributed by atoms with Gasteiger partial charge in [0.1, 0.15) is 17.9 Å². The van der Waals surface area contributed by atoms with E-state index in [-0.39, 0.29) is 12.1 Å². The van der Waals surface area contributed by atoms with Gasteiger partial charge in [-0.1, -0.05) is 18.2 Å². The van der Waals surface area contributed by atoms with Crippen molar-refractivity contribution >= 4 is 5.91 Å². The lowest BCUT2D eigenvalue weighted by Crippen LogP contribution is -2.22. The Labute approximate surface area is 132 Å². The van der Waals surface area contributed by atoms with E-state index in [9.17, 15) is 9.59 Å². The second-order valence-electron chi connectivity index (χ2n) is 5.28. The number of benzene rings is 1. The summed E-state index contributed by atoms with van der Waals surface area (Å²) < 4.78 is 4.94. The predicted molar refractivity (Wildman–Crippen MR) is 86.2 cm³/mol. The van der Waals surface area contributed by atoms with E-state index in [4.69, 9.17) is 5.73 Å². The maximum absolute atomic E-state index is 12.9. The quantitative estimate of drug-likeness (QED) is 0.774. The van der Waals surface area contributed by atoms with Crippen molar-refractivity contribution in [2.75, 3.05) is 0 Å². The van der Waals surface area contributed by atoms with Gasteiger partial charge in [-0.3, -0.25) is 14.3 Å². The number of carbonyl (C=O) groups excluding carboxylic acids is 1. The Morgan fingerprint density at radius 2 is 1.96 bits per heavy atom. The number of hydrogen-bond acceptors (Lipinski definition) is 3. The lowest BCUT2D eigenvalue weighted by atomic mass is 10.2. The van der Waals surface area contributed by atoms with Crippen molar-refractivity contribution in [1.29, 1.82) is 0 Å². The van der Waals surface area contributed by atoms with E-state index >= 15 is 0 Å². The molecule has 3 rings (SSSR count). The number of para-hydroxylation sites is 1. The number of hydrogen-bond donors (Lipinski definition) is 1. The number of imidazole rings is 1. The maximum atomic E-state index is 12.9. The molecule has 7 nitrogen and oxygen atoms in total. The van der Waals surface area contributed by atoms with E-state index in [1.165, 1.54) is 0 Å². The summed E-state index contributed by atoms with van der Waals surface area (Å²) in [6, 6.07) is 9.36. The molecule has 0 saturated carbocycles. The zero-order valence-electron chi connectivity index (χ0n) is 12.9. The molecule has 7 heteroatoms. The molecule has 2 aromatic heterocycles. The van der Waals surface area contributed by atoms with Crippen LogP contribution in [0.1, 0.15) is 5.69 Å². The standard InChI is InChI=1S/C16H17N5O2/c1-11-14(15-18-8-9-20(15)10-13(17)22)16(23)21(19(11)2)12-6-4-3-5-7-12/h3-9H,10H2,1-2H3,(H2,17,22). The Morgan fingerprint density at radius 3 is 2.61 bits per heavy atom. The molecule has 1 aromatic carbocycles. The van der Waals surface area contributed by atoms with Crippen molar-refractivity contribution in [2.45, 2.75) is 13.5 Å². The van der Waals surface area contributed by atoms with Gasteiger partial charge in [-0.25, -0.2) is 9.67 Å². The molecule has 2 heterocycles. The van der Waals surface area contributed by atoms with Gasteiger partial charge >= 0.3 is 0 Å². The molecular formula is C16H17N5O2. The van der Waals surface area contributed by atoms with Crippen LogP contribution >= 0.6 is 0 Å². The van der Waals surface area contributed by atoms with Gasteiger partial charge in [0.05, 0.1) is 5.69 Å². The fraction of sp³-hybridized carbons (Fsp3) is 0.188. The highest BCUT2D eigenvalue weighted by molar-refractivity contribution is 5.74. The Kier molecular flexibility index (Phi) is 3.61. The van der Waals surface area contributed by atoms with E-state index < -0.39 is 5.91 Å². The third-order valence-electron chi connectivity index (χ3n) is 3.82. The Morgan fingerprint density at radius 1 is 1.26 bits per heavy atom. The first-order valence-electron chi connectivity index (χ1n) is 7.14. The molecule has 1 amide bonds. The summed E-state index contributed by atoms with van der Waals surface area (Å²) in [6.45, 7) is 1.83. The largest absolute Gasteiger partial charge is 0.368 e. The third-order valence-corrected chi connectivity index (χ3v) is 3.82. The number of amides is 1.